The summed E-state index contributed by atoms with van der Waals surface area (Å²) in [5.41, 5.74) is 3.25. The first kappa shape index (κ1) is 10.4. The molecular weight excluding hydrogens is 226 g/mol. The van der Waals surface area contributed by atoms with Gasteiger partial charge >= 0.3 is 5.97 Å². The van der Waals surface area contributed by atoms with Gasteiger partial charge in [0, 0.05) is 18.0 Å². The van der Waals surface area contributed by atoms with E-state index < -0.39 is 0 Å². The third kappa shape index (κ3) is 1.12. The van der Waals surface area contributed by atoms with Crippen molar-refractivity contribution in [1.82, 2.24) is 4.98 Å². The molecule has 0 amide bonds. The molecule has 1 saturated carbocycles. The van der Waals surface area contributed by atoms with Gasteiger partial charge in [0.25, 0.3) is 0 Å². The summed E-state index contributed by atoms with van der Waals surface area (Å²) in [6, 6.07) is 0. The maximum atomic E-state index is 12.0. The number of allylic oxidation sites excluding steroid dienone is 2. The topological polar surface area (TPSA) is 42.1 Å². The fourth-order valence-electron chi connectivity index (χ4n) is 4.07. The lowest BCUT2D eigenvalue weighted by Crippen LogP contribution is -2.41. The van der Waals surface area contributed by atoms with Gasteiger partial charge in [-0.3, -0.25) is 0 Å². The number of esters is 1. The minimum absolute atomic E-state index is 0.199. The van der Waals surface area contributed by atoms with Crippen molar-refractivity contribution >= 4 is 5.97 Å². The van der Waals surface area contributed by atoms with E-state index in [0.717, 1.165) is 11.8 Å². The van der Waals surface area contributed by atoms with Crippen LogP contribution in [-0.4, -0.2) is 17.6 Å². The summed E-state index contributed by atoms with van der Waals surface area (Å²) in [6.45, 7) is 2.28. The molecule has 4 atom stereocenters. The first-order valence-electron chi connectivity index (χ1n) is 6.88. The minimum atomic E-state index is -0.199. The molecule has 4 aliphatic rings. The van der Waals surface area contributed by atoms with Gasteiger partial charge in [0.05, 0.1) is 6.61 Å². The maximum absolute atomic E-state index is 12.0. The standard InChI is InChI=1S/C15H17NO2/c1-2-18-15(17)14-13-11-6-5-10(12(13)7-16-14)8-3-4-9(8)11/h5-11,16H,2-4H2,1H3. The molecule has 0 radical (unpaired) electrons. The number of rotatable bonds is 2. The van der Waals surface area contributed by atoms with Gasteiger partial charge in [0.15, 0.2) is 0 Å². The van der Waals surface area contributed by atoms with Crippen LogP contribution in [0.25, 0.3) is 0 Å². The average Bonchev–Trinajstić information content (AvgIpc) is 2.75. The first-order valence-corrected chi connectivity index (χ1v) is 6.88. The summed E-state index contributed by atoms with van der Waals surface area (Å²) in [5, 5.41) is 0. The van der Waals surface area contributed by atoms with Gasteiger partial charge < -0.3 is 9.72 Å². The predicted octanol–water partition coefficient (Wildman–Crippen LogP) is 2.97. The van der Waals surface area contributed by atoms with Crippen LogP contribution >= 0.6 is 0 Å². The molecule has 0 aromatic carbocycles. The number of nitrogens with one attached hydrogen (secondary N) is 1. The molecule has 1 aromatic heterocycles. The molecule has 0 saturated heterocycles. The Kier molecular flexibility index (Phi) is 2.02. The average molecular weight is 243 g/mol. The molecule has 3 heteroatoms. The van der Waals surface area contributed by atoms with Crippen LogP contribution in [-0.2, 0) is 4.74 Å². The van der Waals surface area contributed by atoms with Crippen molar-refractivity contribution in [3.8, 4) is 0 Å². The van der Waals surface area contributed by atoms with Crippen LogP contribution in [0.3, 0.4) is 0 Å². The fourth-order valence-corrected chi connectivity index (χ4v) is 4.07. The quantitative estimate of drug-likeness (QED) is 0.641. The number of carbonyl (C=O) groups is 1. The number of hydrogen-bond donors (Lipinski definition) is 1. The summed E-state index contributed by atoms with van der Waals surface area (Å²) < 4.78 is 5.15. The highest BCUT2D eigenvalue weighted by Crippen LogP contribution is 2.60. The Morgan fingerprint density at radius 2 is 2.06 bits per heavy atom. The van der Waals surface area contributed by atoms with E-state index in [1.54, 1.807) is 0 Å². The fraction of sp³-hybridized carbons (Fsp3) is 0.533. The third-order valence-electron chi connectivity index (χ3n) is 4.96. The zero-order chi connectivity index (χ0) is 12.3. The molecule has 3 nitrogen and oxygen atoms in total. The summed E-state index contributed by atoms with van der Waals surface area (Å²) in [5.74, 6) is 2.35. The number of carbonyl (C=O) groups excluding carboxylic acids is 1. The Labute approximate surface area is 106 Å². The lowest BCUT2D eigenvalue weighted by atomic mass is 9.52. The lowest BCUT2D eigenvalue weighted by molar-refractivity contribution is 0.0513. The van der Waals surface area contributed by atoms with E-state index in [4.69, 9.17) is 4.74 Å². The van der Waals surface area contributed by atoms with Crippen molar-refractivity contribution in [1.29, 1.82) is 0 Å². The second-order valence-electron chi connectivity index (χ2n) is 5.59. The molecule has 1 aromatic rings. The van der Waals surface area contributed by atoms with E-state index in [1.165, 1.54) is 24.0 Å². The zero-order valence-electron chi connectivity index (χ0n) is 10.5. The first-order chi connectivity index (χ1) is 8.81. The highest BCUT2D eigenvalue weighted by atomic mass is 16.5. The largest absolute Gasteiger partial charge is 0.461 e. The molecule has 0 aliphatic heterocycles. The van der Waals surface area contributed by atoms with E-state index in [-0.39, 0.29) is 5.97 Å². The summed E-state index contributed by atoms with van der Waals surface area (Å²) >= 11 is 0. The Bertz CT molecular complexity index is 543. The Hall–Kier alpha value is -1.51. The molecule has 1 fully saturated rings. The van der Waals surface area contributed by atoms with E-state index in [0.29, 0.717) is 24.1 Å². The Morgan fingerprint density at radius 1 is 1.33 bits per heavy atom. The summed E-state index contributed by atoms with van der Waals surface area (Å²) in [6.07, 6.45) is 9.33. The van der Waals surface area contributed by atoms with Crippen LogP contribution in [0.4, 0.5) is 0 Å². The normalized spacial score (nSPS) is 34.7. The Morgan fingerprint density at radius 3 is 2.78 bits per heavy atom. The molecule has 4 unspecified atom stereocenters. The molecule has 5 rings (SSSR count). The van der Waals surface area contributed by atoms with Crippen molar-refractivity contribution in [3.05, 3.63) is 35.2 Å². The molecule has 2 bridgehead atoms. The van der Waals surface area contributed by atoms with Crippen LogP contribution in [0, 0.1) is 11.8 Å². The van der Waals surface area contributed by atoms with E-state index in [1.807, 2.05) is 13.1 Å². The van der Waals surface area contributed by atoms with Gasteiger partial charge in [0.1, 0.15) is 5.69 Å². The van der Waals surface area contributed by atoms with Crippen molar-refractivity contribution in [2.75, 3.05) is 6.61 Å². The zero-order valence-corrected chi connectivity index (χ0v) is 10.5. The van der Waals surface area contributed by atoms with Crippen LogP contribution < -0.4 is 0 Å². The SMILES string of the molecule is CCOC(=O)c1[nH]cc2c1C1C=CC2C2CCC12. The highest BCUT2D eigenvalue weighted by Gasteiger charge is 2.50. The third-order valence-corrected chi connectivity index (χ3v) is 4.96. The second kappa shape index (κ2) is 3.50. The van der Waals surface area contributed by atoms with Gasteiger partial charge in [-0.25, -0.2) is 4.79 Å². The number of H-pyrrole nitrogens is 1. The van der Waals surface area contributed by atoms with Crippen molar-refractivity contribution in [2.24, 2.45) is 11.8 Å². The smallest absolute Gasteiger partial charge is 0.355 e. The van der Waals surface area contributed by atoms with Gasteiger partial charge in [-0.1, -0.05) is 12.2 Å². The highest BCUT2D eigenvalue weighted by molar-refractivity contribution is 5.90. The van der Waals surface area contributed by atoms with Gasteiger partial charge in [-0.2, -0.15) is 0 Å². The van der Waals surface area contributed by atoms with Crippen LogP contribution in [0.2, 0.25) is 0 Å². The minimum Gasteiger partial charge on any atom is -0.461 e. The van der Waals surface area contributed by atoms with E-state index in [2.05, 4.69) is 17.1 Å². The van der Waals surface area contributed by atoms with Crippen LogP contribution in [0.5, 0.6) is 0 Å². The van der Waals surface area contributed by atoms with Gasteiger partial charge in [-0.05, 0) is 42.7 Å². The van der Waals surface area contributed by atoms with E-state index in [9.17, 15) is 4.79 Å². The summed E-state index contributed by atoms with van der Waals surface area (Å²) in [4.78, 5) is 15.1. The van der Waals surface area contributed by atoms with Gasteiger partial charge in [-0.15, -0.1) is 0 Å². The molecular formula is C15H17NO2. The van der Waals surface area contributed by atoms with Crippen molar-refractivity contribution < 1.29 is 9.53 Å². The van der Waals surface area contributed by atoms with E-state index >= 15 is 0 Å². The number of aromatic amines is 1. The monoisotopic (exact) mass is 243 g/mol. The van der Waals surface area contributed by atoms with Crippen LogP contribution in [0.15, 0.2) is 18.3 Å². The molecule has 1 N–H and O–H groups in total. The number of hydrogen-bond acceptors (Lipinski definition) is 2. The number of ether oxygens (including phenoxy) is 1. The molecule has 18 heavy (non-hydrogen) atoms. The molecule has 94 valence electrons. The van der Waals surface area contributed by atoms with Crippen molar-refractivity contribution in [3.63, 3.8) is 0 Å². The van der Waals surface area contributed by atoms with Gasteiger partial charge in [0.2, 0.25) is 0 Å². The maximum Gasteiger partial charge on any atom is 0.355 e. The van der Waals surface area contributed by atoms with Crippen molar-refractivity contribution in [2.45, 2.75) is 31.6 Å². The molecule has 4 aliphatic carbocycles. The second-order valence-corrected chi connectivity index (χ2v) is 5.59. The molecule has 1 heterocycles. The predicted molar refractivity (Wildman–Crippen MR) is 67.6 cm³/mol. The Balaban J connectivity index is 1.80. The lowest BCUT2D eigenvalue weighted by Gasteiger charge is -2.52. The summed E-state index contributed by atoms with van der Waals surface area (Å²) in [7, 11) is 0. The number of aromatic nitrogens is 1. The van der Waals surface area contributed by atoms with Crippen LogP contribution in [0.1, 0.15) is 53.2 Å². The molecule has 0 spiro atoms.